The zero-order valence-electron chi connectivity index (χ0n) is 10.6. The van der Waals surface area contributed by atoms with E-state index in [4.69, 9.17) is 0 Å². The van der Waals surface area contributed by atoms with Gasteiger partial charge in [0.15, 0.2) is 0 Å². The summed E-state index contributed by atoms with van der Waals surface area (Å²) >= 11 is 0. The van der Waals surface area contributed by atoms with Crippen LogP contribution in [-0.2, 0) is 0 Å². The summed E-state index contributed by atoms with van der Waals surface area (Å²) in [5, 5.41) is 0. The molecule has 0 saturated carbocycles. The average Bonchev–Trinajstić information content (AvgIpc) is 2.27. The minimum absolute atomic E-state index is 0.503. The van der Waals surface area contributed by atoms with Crippen molar-refractivity contribution in [2.45, 2.75) is 52.9 Å². The molecule has 0 saturated heterocycles. The summed E-state index contributed by atoms with van der Waals surface area (Å²) in [6.07, 6.45) is 3.89. The molecule has 0 aliphatic carbocycles. The van der Waals surface area contributed by atoms with Gasteiger partial charge in [-0.05, 0) is 29.7 Å². The van der Waals surface area contributed by atoms with Crippen LogP contribution in [0.15, 0.2) is 30.3 Å². The molecular formula is C15H24. The van der Waals surface area contributed by atoms with Gasteiger partial charge < -0.3 is 0 Å². The number of hydrogen-bond donors (Lipinski definition) is 0. The van der Waals surface area contributed by atoms with Crippen LogP contribution in [0.25, 0.3) is 0 Å². The summed E-state index contributed by atoms with van der Waals surface area (Å²) in [6, 6.07) is 10.8. The minimum Gasteiger partial charge on any atom is -0.0649 e. The van der Waals surface area contributed by atoms with Crippen LogP contribution in [0.1, 0.15) is 58.4 Å². The summed E-state index contributed by atoms with van der Waals surface area (Å²) in [7, 11) is 0. The molecule has 0 radical (unpaired) electrons. The van der Waals surface area contributed by atoms with E-state index in [0.29, 0.717) is 11.3 Å². The van der Waals surface area contributed by atoms with E-state index in [1.54, 1.807) is 0 Å². The summed E-state index contributed by atoms with van der Waals surface area (Å²) < 4.78 is 0. The fourth-order valence-corrected chi connectivity index (χ4v) is 1.73. The van der Waals surface area contributed by atoms with Crippen molar-refractivity contribution in [2.24, 2.45) is 5.41 Å². The second-order valence-electron chi connectivity index (χ2n) is 5.37. The van der Waals surface area contributed by atoms with Gasteiger partial charge in [-0.2, -0.15) is 0 Å². The standard InChI is InChI=1S/C15H24/c1-5-15(3,4)12-11-13(2)14-9-7-6-8-10-14/h6-10,13H,5,11-12H2,1-4H3. The first-order valence-electron chi connectivity index (χ1n) is 6.10. The Morgan fingerprint density at radius 3 is 2.27 bits per heavy atom. The number of rotatable bonds is 5. The second kappa shape index (κ2) is 5.34. The lowest BCUT2D eigenvalue weighted by Gasteiger charge is -2.24. The van der Waals surface area contributed by atoms with Gasteiger partial charge in [0.25, 0.3) is 0 Å². The molecule has 0 aromatic heterocycles. The third kappa shape index (κ3) is 4.07. The van der Waals surface area contributed by atoms with Gasteiger partial charge in [-0.3, -0.25) is 0 Å². The minimum atomic E-state index is 0.503. The van der Waals surface area contributed by atoms with Crippen LogP contribution in [-0.4, -0.2) is 0 Å². The molecule has 0 bridgehead atoms. The van der Waals surface area contributed by atoms with Crippen molar-refractivity contribution in [3.05, 3.63) is 35.9 Å². The highest BCUT2D eigenvalue weighted by molar-refractivity contribution is 5.18. The van der Waals surface area contributed by atoms with Crippen LogP contribution in [0.2, 0.25) is 0 Å². The molecule has 0 aliphatic heterocycles. The van der Waals surface area contributed by atoms with Crippen LogP contribution in [0.5, 0.6) is 0 Å². The van der Waals surface area contributed by atoms with Gasteiger partial charge in [0.05, 0.1) is 0 Å². The zero-order chi connectivity index (χ0) is 11.3. The third-order valence-corrected chi connectivity index (χ3v) is 3.58. The highest BCUT2D eigenvalue weighted by Gasteiger charge is 2.16. The molecule has 15 heavy (non-hydrogen) atoms. The van der Waals surface area contributed by atoms with Crippen LogP contribution in [0, 0.1) is 5.41 Å². The fraction of sp³-hybridized carbons (Fsp3) is 0.600. The lowest BCUT2D eigenvalue weighted by molar-refractivity contribution is 0.304. The van der Waals surface area contributed by atoms with E-state index in [2.05, 4.69) is 58.0 Å². The van der Waals surface area contributed by atoms with Crippen LogP contribution in [0.3, 0.4) is 0 Å². The molecule has 0 spiro atoms. The molecule has 0 nitrogen and oxygen atoms in total. The van der Waals surface area contributed by atoms with Crippen molar-refractivity contribution >= 4 is 0 Å². The van der Waals surface area contributed by atoms with Gasteiger partial charge in [-0.15, -0.1) is 0 Å². The first-order valence-corrected chi connectivity index (χ1v) is 6.10. The van der Waals surface area contributed by atoms with Crippen molar-refractivity contribution in [3.63, 3.8) is 0 Å². The molecular weight excluding hydrogens is 180 g/mol. The molecule has 0 N–H and O–H groups in total. The van der Waals surface area contributed by atoms with Crippen molar-refractivity contribution in [3.8, 4) is 0 Å². The Morgan fingerprint density at radius 2 is 1.73 bits per heavy atom. The van der Waals surface area contributed by atoms with Crippen molar-refractivity contribution < 1.29 is 0 Å². The van der Waals surface area contributed by atoms with E-state index in [0.717, 1.165) is 0 Å². The topological polar surface area (TPSA) is 0 Å². The first kappa shape index (κ1) is 12.3. The second-order valence-corrected chi connectivity index (χ2v) is 5.37. The highest BCUT2D eigenvalue weighted by Crippen LogP contribution is 2.31. The lowest BCUT2D eigenvalue weighted by Crippen LogP contribution is -2.10. The van der Waals surface area contributed by atoms with E-state index >= 15 is 0 Å². The average molecular weight is 204 g/mol. The Morgan fingerprint density at radius 1 is 1.13 bits per heavy atom. The molecule has 0 fully saturated rings. The van der Waals surface area contributed by atoms with E-state index < -0.39 is 0 Å². The van der Waals surface area contributed by atoms with Crippen LogP contribution >= 0.6 is 0 Å². The largest absolute Gasteiger partial charge is 0.0649 e. The maximum atomic E-state index is 2.37. The van der Waals surface area contributed by atoms with Gasteiger partial charge in [0, 0.05) is 0 Å². The van der Waals surface area contributed by atoms with E-state index in [-0.39, 0.29) is 0 Å². The third-order valence-electron chi connectivity index (χ3n) is 3.58. The van der Waals surface area contributed by atoms with Crippen molar-refractivity contribution in [1.29, 1.82) is 0 Å². The predicted octanol–water partition coefficient (Wildman–Crippen LogP) is 5.01. The molecule has 1 unspecified atom stereocenters. The molecule has 1 atom stereocenters. The lowest BCUT2D eigenvalue weighted by atomic mass is 9.81. The summed E-state index contributed by atoms with van der Waals surface area (Å²) in [5.41, 5.74) is 1.98. The maximum Gasteiger partial charge on any atom is -0.0190 e. The van der Waals surface area contributed by atoms with E-state index in [1.165, 1.54) is 24.8 Å². The Hall–Kier alpha value is -0.780. The van der Waals surface area contributed by atoms with Gasteiger partial charge in [0.2, 0.25) is 0 Å². The molecule has 0 heteroatoms. The van der Waals surface area contributed by atoms with Crippen molar-refractivity contribution in [2.75, 3.05) is 0 Å². The zero-order valence-corrected chi connectivity index (χ0v) is 10.6. The monoisotopic (exact) mass is 204 g/mol. The Kier molecular flexibility index (Phi) is 4.38. The van der Waals surface area contributed by atoms with E-state index in [1.807, 2.05) is 0 Å². The smallest absolute Gasteiger partial charge is 0.0190 e. The summed E-state index contributed by atoms with van der Waals surface area (Å²) in [4.78, 5) is 0. The van der Waals surface area contributed by atoms with Crippen LogP contribution < -0.4 is 0 Å². The molecule has 0 amide bonds. The number of benzene rings is 1. The summed E-state index contributed by atoms with van der Waals surface area (Å²) in [5.74, 6) is 0.692. The Bertz CT molecular complexity index is 271. The number of hydrogen-bond acceptors (Lipinski definition) is 0. The first-order chi connectivity index (χ1) is 7.05. The fourth-order valence-electron chi connectivity index (χ4n) is 1.73. The predicted molar refractivity (Wildman–Crippen MR) is 68.2 cm³/mol. The summed E-state index contributed by atoms with van der Waals surface area (Å²) in [6.45, 7) is 9.35. The quantitative estimate of drug-likeness (QED) is 0.632. The maximum absolute atomic E-state index is 2.37. The molecule has 1 aromatic carbocycles. The van der Waals surface area contributed by atoms with Crippen LogP contribution in [0.4, 0.5) is 0 Å². The van der Waals surface area contributed by atoms with Gasteiger partial charge in [-0.1, -0.05) is 64.4 Å². The Labute approximate surface area is 94.7 Å². The molecule has 1 rings (SSSR count). The molecule has 0 heterocycles. The highest BCUT2D eigenvalue weighted by atomic mass is 14.2. The van der Waals surface area contributed by atoms with Crippen molar-refractivity contribution in [1.82, 2.24) is 0 Å². The van der Waals surface area contributed by atoms with Gasteiger partial charge >= 0.3 is 0 Å². The molecule has 84 valence electrons. The molecule has 0 aliphatic rings. The normalized spacial score (nSPS) is 13.9. The SMILES string of the molecule is CCC(C)(C)CCC(C)c1ccccc1. The molecule has 1 aromatic rings. The van der Waals surface area contributed by atoms with Gasteiger partial charge in [0.1, 0.15) is 0 Å². The van der Waals surface area contributed by atoms with E-state index in [9.17, 15) is 0 Å². The Balaban J connectivity index is 2.47. The van der Waals surface area contributed by atoms with Gasteiger partial charge in [-0.25, -0.2) is 0 Å².